The summed E-state index contributed by atoms with van der Waals surface area (Å²) >= 11 is 0. The average Bonchev–Trinajstić information content (AvgIpc) is 2.81. The third kappa shape index (κ3) is 5.90. The molecule has 0 saturated heterocycles. The average molecular weight is 498 g/mol. The van der Waals surface area contributed by atoms with Gasteiger partial charge in [-0.1, -0.05) is 0 Å². The van der Waals surface area contributed by atoms with Gasteiger partial charge >= 0.3 is 0 Å². The highest BCUT2D eigenvalue weighted by molar-refractivity contribution is 5.72. The lowest BCUT2D eigenvalue weighted by atomic mass is 10.0. The molecule has 0 aliphatic carbocycles. The van der Waals surface area contributed by atoms with Crippen molar-refractivity contribution in [1.82, 2.24) is 19.9 Å². The minimum atomic E-state index is -0.621. The number of hydrogen-bond acceptors (Lipinski definition) is 7. The van der Waals surface area contributed by atoms with Gasteiger partial charge in [-0.2, -0.15) is 0 Å². The van der Waals surface area contributed by atoms with Gasteiger partial charge in [0.2, 0.25) is 0 Å². The Hall–Kier alpha value is -3.33. The van der Waals surface area contributed by atoms with Gasteiger partial charge in [0.1, 0.15) is 29.5 Å². The van der Waals surface area contributed by atoms with E-state index in [2.05, 4.69) is 19.9 Å². The first-order chi connectivity index (χ1) is 17.0. The van der Waals surface area contributed by atoms with Crippen LogP contribution in [0.4, 0.5) is 14.5 Å². The quantitative estimate of drug-likeness (QED) is 0.446. The molecule has 0 amide bonds. The van der Waals surface area contributed by atoms with Crippen LogP contribution in [0.1, 0.15) is 39.2 Å². The highest BCUT2D eigenvalue weighted by atomic mass is 19.1. The molecule has 0 spiro atoms. The monoisotopic (exact) mass is 497 g/mol. The van der Waals surface area contributed by atoms with Crippen LogP contribution >= 0.6 is 0 Å². The van der Waals surface area contributed by atoms with E-state index in [1.807, 2.05) is 58.8 Å². The Morgan fingerprint density at radius 2 is 1.89 bits per heavy atom. The first-order valence-corrected chi connectivity index (χ1v) is 12.1. The number of fused-ring (bicyclic) bond motifs is 1. The van der Waals surface area contributed by atoms with Crippen LogP contribution in [0, 0.1) is 11.6 Å². The summed E-state index contributed by atoms with van der Waals surface area (Å²) in [7, 11) is 3.96. The number of rotatable bonds is 8. The van der Waals surface area contributed by atoms with Crippen molar-refractivity contribution in [2.75, 3.05) is 38.7 Å². The Morgan fingerprint density at radius 1 is 1.11 bits per heavy atom. The summed E-state index contributed by atoms with van der Waals surface area (Å²) in [6.07, 6.45) is 3.07. The van der Waals surface area contributed by atoms with Crippen molar-refractivity contribution in [2.45, 2.75) is 45.8 Å². The molecular formula is C27H33F2N5O2. The van der Waals surface area contributed by atoms with Crippen molar-refractivity contribution in [3.05, 3.63) is 59.8 Å². The maximum absolute atomic E-state index is 15.2. The molecule has 4 rings (SSSR count). The molecule has 1 aromatic carbocycles. The van der Waals surface area contributed by atoms with Gasteiger partial charge in [0.15, 0.2) is 17.4 Å². The zero-order valence-electron chi connectivity index (χ0n) is 21.7. The first kappa shape index (κ1) is 25.8. The predicted octanol–water partition coefficient (Wildman–Crippen LogP) is 4.73. The van der Waals surface area contributed by atoms with E-state index in [4.69, 9.17) is 9.47 Å². The number of anilines is 1. The van der Waals surface area contributed by atoms with Crippen LogP contribution in [0.3, 0.4) is 0 Å². The molecular weight excluding hydrogens is 464 g/mol. The second kappa shape index (κ2) is 10.3. The second-order valence-electron chi connectivity index (χ2n) is 10.2. The number of nitrogens with zero attached hydrogens (tertiary/aromatic N) is 5. The first-order valence-electron chi connectivity index (χ1n) is 12.1. The van der Waals surface area contributed by atoms with Crippen LogP contribution in [0.5, 0.6) is 11.5 Å². The molecule has 0 atom stereocenters. The minimum absolute atomic E-state index is 0.0406. The van der Waals surface area contributed by atoms with E-state index >= 15 is 4.39 Å². The predicted molar refractivity (Wildman–Crippen MR) is 136 cm³/mol. The lowest BCUT2D eigenvalue weighted by Crippen LogP contribution is -2.49. The summed E-state index contributed by atoms with van der Waals surface area (Å²) in [5.74, 6) is 0.0636. The highest BCUT2D eigenvalue weighted by Crippen LogP contribution is 2.42. The summed E-state index contributed by atoms with van der Waals surface area (Å²) in [6, 6.07) is 6.78. The van der Waals surface area contributed by atoms with Gasteiger partial charge in [-0.15, -0.1) is 0 Å². The molecule has 0 unspecified atom stereocenters. The number of aromatic nitrogens is 3. The van der Waals surface area contributed by atoms with Gasteiger partial charge in [-0.05, 0) is 66.1 Å². The third-order valence-electron chi connectivity index (χ3n) is 5.90. The number of halogens is 2. The molecule has 3 heterocycles. The fourth-order valence-electron chi connectivity index (χ4n) is 4.09. The molecule has 7 nitrogen and oxygen atoms in total. The van der Waals surface area contributed by atoms with E-state index in [1.165, 1.54) is 6.07 Å². The van der Waals surface area contributed by atoms with Crippen LogP contribution in [0.2, 0.25) is 0 Å². The summed E-state index contributed by atoms with van der Waals surface area (Å²) in [5.41, 5.74) is 1.13. The van der Waals surface area contributed by atoms with Crippen LogP contribution in [-0.2, 0) is 6.42 Å². The van der Waals surface area contributed by atoms with Gasteiger partial charge < -0.3 is 19.3 Å². The molecule has 0 N–H and O–H groups in total. The van der Waals surface area contributed by atoms with Crippen molar-refractivity contribution in [1.29, 1.82) is 0 Å². The normalized spacial score (nSPS) is 14.7. The molecule has 2 aromatic heterocycles. The van der Waals surface area contributed by atoms with Gasteiger partial charge in [-0.25, -0.2) is 18.7 Å². The van der Waals surface area contributed by atoms with Crippen molar-refractivity contribution >= 4 is 5.69 Å². The number of likely N-dealkylation sites (N-methyl/N-ethyl adjacent to an activating group) is 1. The second-order valence-corrected chi connectivity index (χ2v) is 10.2. The minimum Gasteiger partial charge on any atom is -0.491 e. The Labute approximate surface area is 211 Å². The fourth-order valence-corrected chi connectivity index (χ4v) is 4.09. The zero-order valence-corrected chi connectivity index (χ0v) is 21.7. The summed E-state index contributed by atoms with van der Waals surface area (Å²) < 4.78 is 41.7. The van der Waals surface area contributed by atoms with Crippen molar-refractivity contribution in [3.8, 4) is 22.8 Å². The Bertz CT molecular complexity index is 1220. The van der Waals surface area contributed by atoms with E-state index in [-0.39, 0.29) is 17.5 Å². The molecule has 0 fully saturated rings. The molecule has 0 saturated carbocycles. The summed E-state index contributed by atoms with van der Waals surface area (Å²) in [5, 5.41) is 0. The van der Waals surface area contributed by atoms with Gasteiger partial charge in [0.25, 0.3) is 0 Å². The standard InChI is InChI=1S/C27H33F2N5O2/c1-17(2)34-16-27(3,4)36-26-21(28)11-18(12-23(26)34)25-22(29)15-31-24(32-25)13-19-7-8-20(14-30-19)35-10-9-33(5)6/h7-8,11-12,14-15,17H,9-10,13,16H2,1-6H3. The number of ether oxygens (including phenoxy) is 2. The van der Waals surface area contributed by atoms with Gasteiger partial charge in [-0.3, -0.25) is 4.98 Å². The Balaban J connectivity index is 1.59. The molecule has 9 heteroatoms. The molecule has 1 aliphatic heterocycles. The van der Waals surface area contributed by atoms with E-state index in [9.17, 15) is 4.39 Å². The van der Waals surface area contributed by atoms with Crippen LogP contribution in [-0.4, -0.2) is 65.3 Å². The lowest BCUT2D eigenvalue weighted by Gasteiger charge is -2.43. The summed E-state index contributed by atoms with van der Waals surface area (Å²) in [4.78, 5) is 17.1. The van der Waals surface area contributed by atoms with Crippen molar-refractivity contribution in [2.24, 2.45) is 0 Å². The molecule has 36 heavy (non-hydrogen) atoms. The summed E-state index contributed by atoms with van der Waals surface area (Å²) in [6.45, 7) is 9.85. The number of pyridine rings is 1. The van der Waals surface area contributed by atoms with Crippen LogP contribution in [0.25, 0.3) is 11.3 Å². The number of hydrogen-bond donors (Lipinski definition) is 0. The smallest absolute Gasteiger partial charge is 0.179 e. The van der Waals surface area contributed by atoms with Crippen molar-refractivity contribution < 1.29 is 18.3 Å². The maximum Gasteiger partial charge on any atom is 0.179 e. The SMILES string of the molecule is CC(C)N1CC(C)(C)Oc2c(F)cc(-c3nc(Cc4ccc(OCCN(C)C)cn4)ncc3F)cc21. The van der Waals surface area contributed by atoms with Gasteiger partial charge in [0.05, 0.1) is 31.0 Å². The fraction of sp³-hybridized carbons (Fsp3) is 0.444. The Kier molecular flexibility index (Phi) is 7.40. The van der Waals surface area contributed by atoms with E-state index in [0.29, 0.717) is 48.1 Å². The van der Waals surface area contributed by atoms with E-state index in [0.717, 1.165) is 12.7 Å². The number of benzene rings is 1. The highest BCUT2D eigenvalue weighted by Gasteiger charge is 2.35. The largest absolute Gasteiger partial charge is 0.491 e. The maximum atomic E-state index is 15.2. The lowest BCUT2D eigenvalue weighted by molar-refractivity contribution is 0.0967. The van der Waals surface area contributed by atoms with E-state index in [1.54, 1.807) is 12.3 Å². The molecule has 0 radical (unpaired) electrons. The van der Waals surface area contributed by atoms with Crippen molar-refractivity contribution in [3.63, 3.8) is 0 Å². The molecule has 0 bridgehead atoms. The Morgan fingerprint density at radius 3 is 2.56 bits per heavy atom. The van der Waals surface area contributed by atoms with Gasteiger partial charge in [0, 0.05) is 23.8 Å². The molecule has 192 valence electrons. The van der Waals surface area contributed by atoms with E-state index < -0.39 is 17.2 Å². The molecule has 3 aromatic rings. The topological polar surface area (TPSA) is 63.6 Å². The van der Waals surface area contributed by atoms with Crippen LogP contribution in [0.15, 0.2) is 36.7 Å². The zero-order chi connectivity index (χ0) is 26.0. The third-order valence-corrected chi connectivity index (χ3v) is 5.90. The molecule has 1 aliphatic rings. The van der Waals surface area contributed by atoms with Crippen LogP contribution < -0.4 is 14.4 Å².